The molecule has 2 amide bonds. The molecule has 0 atom stereocenters. The Morgan fingerprint density at radius 3 is 2.45 bits per heavy atom. The number of nitrogens with one attached hydrogen (secondary N) is 2. The highest BCUT2D eigenvalue weighted by atomic mass is 16.5. The van der Waals surface area contributed by atoms with Crippen molar-refractivity contribution in [1.82, 2.24) is 10.9 Å². The molecule has 1 rings (SSSR count). The minimum atomic E-state index is -0.584. The maximum atomic E-state index is 11.6. The van der Waals surface area contributed by atoms with Crippen LogP contribution in [0, 0.1) is 0 Å². The summed E-state index contributed by atoms with van der Waals surface area (Å²) in [4.78, 5) is 34.1. The van der Waals surface area contributed by atoms with Crippen molar-refractivity contribution in [3.63, 3.8) is 0 Å². The highest BCUT2D eigenvalue weighted by molar-refractivity contribution is 5.95. The van der Waals surface area contributed by atoms with Gasteiger partial charge in [-0.2, -0.15) is 0 Å². The Balaban J connectivity index is 2.23. The Kier molecular flexibility index (Phi) is 6.81. The number of benzene rings is 1. The van der Waals surface area contributed by atoms with Gasteiger partial charge >= 0.3 is 5.97 Å². The zero-order valence-electron chi connectivity index (χ0n) is 11.3. The van der Waals surface area contributed by atoms with Gasteiger partial charge in [-0.15, -0.1) is 0 Å². The van der Waals surface area contributed by atoms with Crippen molar-refractivity contribution in [3.8, 4) is 0 Å². The van der Waals surface area contributed by atoms with Crippen molar-refractivity contribution in [2.24, 2.45) is 0 Å². The average Bonchev–Trinajstić information content (AvgIpc) is 2.49. The van der Waals surface area contributed by atoms with Gasteiger partial charge in [-0.1, -0.05) is 31.5 Å². The molecule has 0 heterocycles. The molecule has 0 spiro atoms. The van der Waals surface area contributed by atoms with Crippen LogP contribution >= 0.6 is 0 Å². The summed E-state index contributed by atoms with van der Waals surface area (Å²) in [6.45, 7) is 1.55. The van der Waals surface area contributed by atoms with Gasteiger partial charge in [0.15, 0.2) is 6.61 Å². The van der Waals surface area contributed by atoms with E-state index in [4.69, 9.17) is 4.74 Å². The SMILES string of the molecule is CCCCC(=O)OCC(=O)NNC(=O)c1ccccc1. The number of amides is 2. The molecule has 1 aromatic carbocycles. The minimum Gasteiger partial charge on any atom is -0.455 e. The lowest BCUT2D eigenvalue weighted by molar-refractivity contribution is -0.148. The van der Waals surface area contributed by atoms with Crippen molar-refractivity contribution >= 4 is 17.8 Å². The van der Waals surface area contributed by atoms with Crippen molar-refractivity contribution in [2.45, 2.75) is 26.2 Å². The molecule has 6 nitrogen and oxygen atoms in total. The lowest BCUT2D eigenvalue weighted by Crippen LogP contribution is -2.43. The first kappa shape index (κ1) is 15.7. The highest BCUT2D eigenvalue weighted by Crippen LogP contribution is 1.97. The Labute approximate surface area is 117 Å². The van der Waals surface area contributed by atoms with Crippen LogP contribution in [-0.2, 0) is 14.3 Å². The number of hydrazine groups is 1. The first-order valence-electron chi connectivity index (χ1n) is 6.43. The number of carbonyl (C=O) groups excluding carboxylic acids is 3. The van der Waals surface area contributed by atoms with Crippen LogP contribution in [0.1, 0.15) is 36.5 Å². The second-order valence-electron chi connectivity index (χ2n) is 4.13. The van der Waals surface area contributed by atoms with E-state index in [0.717, 1.165) is 12.8 Å². The van der Waals surface area contributed by atoms with Crippen LogP contribution in [0.3, 0.4) is 0 Å². The maximum Gasteiger partial charge on any atom is 0.306 e. The molecule has 0 radical (unpaired) electrons. The van der Waals surface area contributed by atoms with Gasteiger partial charge in [0.1, 0.15) is 0 Å². The van der Waals surface area contributed by atoms with E-state index in [9.17, 15) is 14.4 Å². The zero-order valence-corrected chi connectivity index (χ0v) is 11.3. The topological polar surface area (TPSA) is 84.5 Å². The molecule has 108 valence electrons. The van der Waals surface area contributed by atoms with Crippen molar-refractivity contribution < 1.29 is 19.1 Å². The fourth-order valence-electron chi connectivity index (χ4n) is 1.36. The third-order valence-corrected chi connectivity index (χ3v) is 2.45. The van der Waals surface area contributed by atoms with Crippen LogP contribution in [0.15, 0.2) is 30.3 Å². The molecule has 6 heteroatoms. The van der Waals surface area contributed by atoms with Gasteiger partial charge in [0.2, 0.25) is 0 Å². The first-order chi connectivity index (χ1) is 9.63. The molecule has 2 N–H and O–H groups in total. The van der Waals surface area contributed by atoms with Gasteiger partial charge in [0.05, 0.1) is 0 Å². The van der Waals surface area contributed by atoms with E-state index >= 15 is 0 Å². The molecule has 1 aromatic rings. The Hall–Kier alpha value is -2.37. The summed E-state index contributed by atoms with van der Waals surface area (Å²) >= 11 is 0. The quantitative estimate of drug-likeness (QED) is 0.604. The summed E-state index contributed by atoms with van der Waals surface area (Å²) in [5.74, 6) is -1.44. The van der Waals surface area contributed by atoms with E-state index in [0.29, 0.717) is 12.0 Å². The minimum absolute atomic E-state index is 0.292. The van der Waals surface area contributed by atoms with E-state index in [2.05, 4.69) is 10.9 Å². The third kappa shape index (κ3) is 5.99. The largest absolute Gasteiger partial charge is 0.455 e. The maximum absolute atomic E-state index is 11.6. The number of rotatable bonds is 6. The standard InChI is InChI=1S/C14H18N2O4/c1-2-3-9-13(18)20-10-12(17)15-16-14(19)11-7-5-4-6-8-11/h4-8H,2-3,9-10H2,1H3,(H,15,17)(H,16,19). The van der Waals surface area contributed by atoms with Crippen LogP contribution in [0.4, 0.5) is 0 Å². The summed E-state index contributed by atoms with van der Waals surface area (Å²) in [6.07, 6.45) is 1.90. The molecule has 0 aromatic heterocycles. The van der Waals surface area contributed by atoms with E-state index in [1.54, 1.807) is 30.3 Å². The molecular formula is C14H18N2O4. The number of hydrogen-bond acceptors (Lipinski definition) is 4. The van der Waals surface area contributed by atoms with Gasteiger partial charge in [0.25, 0.3) is 11.8 Å². The molecule has 0 unspecified atom stereocenters. The lowest BCUT2D eigenvalue weighted by Gasteiger charge is -2.08. The summed E-state index contributed by atoms with van der Waals surface area (Å²) in [5.41, 5.74) is 4.84. The van der Waals surface area contributed by atoms with Crippen LogP contribution in [-0.4, -0.2) is 24.4 Å². The van der Waals surface area contributed by atoms with Gasteiger partial charge in [-0.3, -0.25) is 25.2 Å². The van der Waals surface area contributed by atoms with E-state index < -0.39 is 24.4 Å². The summed E-state index contributed by atoms with van der Waals surface area (Å²) in [6, 6.07) is 8.45. The predicted octanol–water partition coefficient (Wildman–Crippen LogP) is 1.18. The highest BCUT2D eigenvalue weighted by Gasteiger charge is 2.09. The van der Waals surface area contributed by atoms with Crippen LogP contribution in [0.25, 0.3) is 0 Å². The first-order valence-corrected chi connectivity index (χ1v) is 6.43. The second-order valence-corrected chi connectivity index (χ2v) is 4.13. The fraction of sp³-hybridized carbons (Fsp3) is 0.357. The fourth-order valence-corrected chi connectivity index (χ4v) is 1.36. The Morgan fingerprint density at radius 2 is 1.80 bits per heavy atom. The average molecular weight is 278 g/mol. The van der Waals surface area contributed by atoms with Crippen molar-refractivity contribution in [1.29, 1.82) is 0 Å². The number of carbonyl (C=O) groups is 3. The normalized spacial score (nSPS) is 9.65. The number of ether oxygens (including phenoxy) is 1. The third-order valence-electron chi connectivity index (χ3n) is 2.45. The van der Waals surface area contributed by atoms with E-state index in [-0.39, 0.29) is 0 Å². The molecule has 0 aliphatic rings. The number of hydrogen-bond donors (Lipinski definition) is 2. The molecule has 20 heavy (non-hydrogen) atoms. The molecule has 0 fully saturated rings. The van der Waals surface area contributed by atoms with Gasteiger partial charge in [0, 0.05) is 12.0 Å². The number of unbranched alkanes of at least 4 members (excludes halogenated alkanes) is 1. The van der Waals surface area contributed by atoms with Gasteiger partial charge in [-0.05, 0) is 18.6 Å². The zero-order chi connectivity index (χ0) is 14.8. The summed E-state index contributed by atoms with van der Waals surface area (Å²) in [7, 11) is 0. The van der Waals surface area contributed by atoms with Gasteiger partial charge in [-0.25, -0.2) is 0 Å². The smallest absolute Gasteiger partial charge is 0.306 e. The Morgan fingerprint density at radius 1 is 1.10 bits per heavy atom. The molecule has 0 bridgehead atoms. The number of esters is 1. The Bertz CT molecular complexity index is 460. The summed E-state index contributed by atoms with van der Waals surface area (Å²) < 4.78 is 4.74. The summed E-state index contributed by atoms with van der Waals surface area (Å²) in [5, 5.41) is 0. The van der Waals surface area contributed by atoms with Crippen LogP contribution in [0.5, 0.6) is 0 Å². The lowest BCUT2D eigenvalue weighted by atomic mass is 10.2. The molecular weight excluding hydrogens is 260 g/mol. The monoisotopic (exact) mass is 278 g/mol. The second kappa shape index (κ2) is 8.68. The van der Waals surface area contributed by atoms with Gasteiger partial charge < -0.3 is 4.74 Å². The van der Waals surface area contributed by atoms with Crippen LogP contribution < -0.4 is 10.9 Å². The molecule has 0 aliphatic heterocycles. The van der Waals surface area contributed by atoms with Crippen molar-refractivity contribution in [3.05, 3.63) is 35.9 Å². The molecule has 0 aliphatic carbocycles. The molecule has 0 saturated carbocycles. The van der Waals surface area contributed by atoms with Crippen molar-refractivity contribution in [2.75, 3.05) is 6.61 Å². The van der Waals surface area contributed by atoms with E-state index in [1.807, 2.05) is 6.92 Å². The predicted molar refractivity (Wildman–Crippen MR) is 72.5 cm³/mol. The van der Waals surface area contributed by atoms with Crippen LogP contribution in [0.2, 0.25) is 0 Å². The molecule has 0 saturated heterocycles. The van der Waals surface area contributed by atoms with E-state index in [1.165, 1.54) is 0 Å².